The van der Waals surface area contributed by atoms with E-state index in [4.69, 9.17) is 4.74 Å². The van der Waals surface area contributed by atoms with E-state index < -0.39 is 18.1 Å². The molecular formula is C24H25F3N4O3. The zero-order valence-corrected chi connectivity index (χ0v) is 19.1. The van der Waals surface area contributed by atoms with Crippen molar-refractivity contribution in [2.75, 3.05) is 23.0 Å². The number of amides is 2. The maximum Gasteiger partial charge on any atom is 0.573 e. The average Bonchev–Trinajstić information content (AvgIpc) is 2.75. The van der Waals surface area contributed by atoms with E-state index in [1.165, 1.54) is 12.1 Å². The van der Waals surface area contributed by atoms with E-state index in [1.54, 1.807) is 19.2 Å². The van der Waals surface area contributed by atoms with Gasteiger partial charge in [-0.15, -0.1) is 13.2 Å². The topological polar surface area (TPSA) is 84.5 Å². The second-order valence-electron chi connectivity index (χ2n) is 8.30. The first-order chi connectivity index (χ1) is 15.9. The summed E-state index contributed by atoms with van der Waals surface area (Å²) >= 11 is 0. The molecule has 0 bridgehead atoms. The molecule has 10 heteroatoms. The van der Waals surface area contributed by atoms with Gasteiger partial charge in [-0.3, -0.25) is 0 Å². The molecular weight excluding hydrogens is 449 g/mol. The number of urea groups is 1. The quantitative estimate of drug-likeness (QED) is 0.368. The number of para-hydroxylation sites is 1. The highest BCUT2D eigenvalue weighted by Gasteiger charge is 2.31. The highest BCUT2D eigenvalue weighted by atomic mass is 19.4. The molecule has 0 spiro atoms. The molecule has 7 nitrogen and oxygen atoms in total. The molecule has 0 radical (unpaired) electrons. The van der Waals surface area contributed by atoms with Gasteiger partial charge in [-0.2, -0.15) is 4.98 Å². The van der Waals surface area contributed by atoms with Crippen molar-refractivity contribution >= 4 is 23.2 Å². The minimum absolute atomic E-state index is 0.174. The molecule has 0 aliphatic rings. The minimum Gasteiger partial charge on any atom is -0.437 e. The summed E-state index contributed by atoms with van der Waals surface area (Å²) in [4.78, 5) is 17.0. The number of benzene rings is 2. The highest BCUT2D eigenvalue weighted by Crippen LogP contribution is 2.36. The van der Waals surface area contributed by atoms with Gasteiger partial charge in [0.25, 0.3) is 0 Å². The van der Waals surface area contributed by atoms with E-state index in [2.05, 4.69) is 46.4 Å². The molecule has 3 rings (SSSR count). The highest BCUT2D eigenvalue weighted by molar-refractivity contribution is 6.00. The van der Waals surface area contributed by atoms with Crippen LogP contribution in [0.4, 0.5) is 35.2 Å². The van der Waals surface area contributed by atoms with Crippen LogP contribution in [-0.2, 0) is 5.41 Å². The molecule has 2 amide bonds. The van der Waals surface area contributed by atoms with E-state index in [1.807, 2.05) is 24.3 Å². The zero-order valence-electron chi connectivity index (χ0n) is 19.1. The Kier molecular flexibility index (Phi) is 7.19. The Labute approximate surface area is 195 Å². The van der Waals surface area contributed by atoms with Gasteiger partial charge in [0.05, 0.1) is 0 Å². The Balaban J connectivity index is 1.78. The second-order valence-corrected chi connectivity index (χ2v) is 8.30. The van der Waals surface area contributed by atoms with Crippen LogP contribution in [0.3, 0.4) is 0 Å². The summed E-state index contributed by atoms with van der Waals surface area (Å²) in [5.74, 6) is 0.917. The molecule has 180 valence electrons. The molecule has 0 saturated carbocycles. The van der Waals surface area contributed by atoms with Crippen molar-refractivity contribution in [3.05, 3.63) is 66.2 Å². The van der Waals surface area contributed by atoms with E-state index >= 15 is 0 Å². The Hall–Kier alpha value is -3.95. The number of nitrogens with zero attached hydrogens (tertiary/aromatic N) is 1. The molecule has 3 aromatic rings. The summed E-state index contributed by atoms with van der Waals surface area (Å²) < 4.78 is 46.9. The molecule has 1 aromatic heterocycles. The number of pyridine rings is 1. The molecule has 34 heavy (non-hydrogen) atoms. The predicted molar refractivity (Wildman–Crippen MR) is 125 cm³/mol. The van der Waals surface area contributed by atoms with Crippen LogP contribution in [0.2, 0.25) is 0 Å². The number of halogens is 3. The molecule has 1 heterocycles. The van der Waals surface area contributed by atoms with Crippen molar-refractivity contribution in [3.8, 4) is 17.4 Å². The summed E-state index contributed by atoms with van der Waals surface area (Å²) in [7, 11) is 1.71. The Bertz CT molecular complexity index is 1140. The lowest BCUT2D eigenvalue weighted by Gasteiger charge is -2.23. The van der Waals surface area contributed by atoms with Gasteiger partial charge in [0.1, 0.15) is 23.0 Å². The van der Waals surface area contributed by atoms with Crippen molar-refractivity contribution in [3.63, 3.8) is 0 Å². The third kappa shape index (κ3) is 6.77. The summed E-state index contributed by atoms with van der Waals surface area (Å²) in [5.41, 5.74) is 1.34. The standard InChI is InChI=1S/C24H25F3N4O3/c1-23(2,3)17-7-5-6-8-19(17)33-21-18(13-14-20(28-4)31-21)30-22(32)29-15-9-11-16(12-10-15)34-24(25,26)27/h5-14H,1-4H3,(H,28,31)(H2,29,30,32). The monoisotopic (exact) mass is 474 g/mol. The maximum absolute atomic E-state index is 12.5. The first kappa shape index (κ1) is 24.7. The van der Waals surface area contributed by atoms with Gasteiger partial charge >= 0.3 is 12.4 Å². The second kappa shape index (κ2) is 9.90. The summed E-state index contributed by atoms with van der Waals surface area (Å²) in [6, 6.07) is 15.0. The lowest BCUT2D eigenvalue weighted by Crippen LogP contribution is -2.20. The van der Waals surface area contributed by atoms with Crippen LogP contribution < -0.4 is 25.4 Å². The van der Waals surface area contributed by atoms with E-state index in [-0.39, 0.29) is 17.0 Å². The number of hydrogen-bond donors (Lipinski definition) is 3. The average molecular weight is 474 g/mol. The van der Waals surface area contributed by atoms with Crippen LogP contribution in [-0.4, -0.2) is 24.4 Å². The number of anilines is 3. The number of hydrogen-bond acceptors (Lipinski definition) is 5. The minimum atomic E-state index is -4.79. The first-order valence-electron chi connectivity index (χ1n) is 10.3. The van der Waals surface area contributed by atoms with Crippen LogP contribution in [0.15, 0.2) is 60.7 Å². The van der Waals surface area contributed by atoms with Crippen molar-refractivity contribution < 1.29 is 27.4 Å². The van der Waals surface area contributed by atoms with Crippen molar-refractivity contribution in [2.45, 2.75) is 32.5 Å². The number of alkyl halides is 3. The molecule has 3 N–H and O–H groups in total. The molecule has 0 saturated heterocycles. The van der Waals surface area contributed by atoms with Crippen molar-refractivity contribution in [1.82, 2.24) is 4.98 Å². The normalized spacial score (nSPS) is 11.5. The van der Waals surface area contributed by atoms with Gasteiger partial charge in [0.15, 0.2) is 0 Å². The van der Waals surface area contributed by atoms with Crippen molar-refractivity contribution in [1.29, 1.82) is 0 Å². The van der Waals surface area contributed by atoms with Crippen LogP contribution in [0.5, 0.6) is 17.4 Å². The third-order valence-electron chi connectivity index (χ3n) is 4.61. The predicted octanol–water partition coefficient (Wildman–Crippen LogP) is 6.76. The number of nitrogens with one attached hydrogen (secondary N) is 3. The van der Waals surface area contributed by atoms with Crippen LogP contribution in [0.1, 0.15) is 26.3 Å². The lowest BCUT2D eigenvalue weighted by atomic mass is 9.86. The first-order valence-corrected chi connectivity index (χ1v) is 10.3. The number of aromatic nitrogens is 1. The Morgan fingerprint density at radius 1 is 0.912 bits per heavy atom. The fraction of sp³-hybridized carbons (Fsp3) is 0.250. The van der Waals surface area contributed by atoms with E-state index in [9.17, 15) is 18.0 Å². The van der Waals surface area contributed by atoms with Gasteiger partial charge in [-0.05, 0) is 47.9 Å². The summed E-state index contributed by atoms with van der Waals surface area (Å²) in [5, 5.41) is 8.14. The fourth-order valence-electron chi connectivity index (χ4n) is 3.06. The van der Waals surface area contributed by atoms with Crippen LogP contribution in [0.25, 0.3) is 0 Å². The third-order valence-corrected chi connectivity index (χ3v) is 4.61. The van der Waals surface area contributed by atoms with E-state index in [0.717, 1.165) is 17.7 Å². The SMILES string of the molecule is CNc1ccc(NC(=O)Nc2ccc(OC(F)(F)F)cc2)c(Oc2ccccc2C(C)(C)C)n1. The fourth-order valence-corrected chi connectivity index (χ4v) is 3.06. The van der Waals surface area contributed by atoms with Gasteiger partial charge in [-0.25, -0.2) is 4.79 Å². The van der Waals surface area contributed by atoms with Gasteiger partial charge < -0.3 is 25.4 Å². The van der Waals surface area contributed by atoms with E-state index in [0.29, 0.717) is 17.3 Å². The number of ether oxygens (including phenoxy) is 2. The Morgan fingerprint density at radius 3 is 2.21 bits per heavy atom. The molecule has 0 aliphatic heterocycles. The molecule has 0 fully saturated rings. The largest absolute Gasteiger partial charge is 0.573 e. The van der Waals surface area contributed by atoms with Gasteiger partial charge in [-0.1, -0.05) is 39.0 Å². The number of rotatable bonds is 6. The zero-order chi connectivity index (χ0) is 24.9. The lowest BCUT2D eigenvalue weighted by molar-refractivity contribution is -0.274. The summed E-state index contributed by atoms with van der Waals surface area (Å²) in [6.07, 6.45) is -4.79. The molecule has 2 aromatic carbocycles. The smallest absolute Gasteiger partial charge is 0.437 e. The van der Waals surface area contributed by atoms with Gasteiger partial charge in [0, 0.05) is 18.3 Å². The number of carbonyl (C=O) groups excluding carboxylic acids is 1. The number of carbonyl (C=O) groups is 1. The van der Waals surface area contributed by atoms with Crippen molar-refractivity contribution in [2.24, 2.45) is 0 Å². The maximum atomic E-state index is 12.5. The van der Waals surface area contributed by atoms with Crippen LogP contribution >= 0.6 is 0 Å². The summed E-state index contributed by atoms with van der Waals surface area (Å²) in [6.45, 7) is 6.18. The molecule has 0 unspecified atom stereocenters. The Morgan fingerprint density at radius 2 is 1.59 bits per heavy atom. The molecule has 0 atom stereocenters. The van der Waals surface area contributed by atoms with Gasteiger partial charge in [0.2, 0.25) is 5.88 Å². The van der Waals surface area contributed by atoms with Crippen LogP contribution in [0, 0.1) is 0 Å². The molecule has 0 aliphatic carbocycles.